The summed E-state index contributed by atoms with van der Waals surface area (Å²) in [5.41, 5.74) is 6.41. The normalized spacial score (nSPS) is 10.6. The van der Waals surface area contributed by atoms with Gasteiger partial charge >= 0.3 is 5.97 Å². The van der Waals surface area contributed by atoms with Gasteiger partial charge in [0, 0.05) is 32.4 Å². The first-order valence-corrected chi connectivity index (χ1v) is 5.26. The Balaban J connectivity index is 2.47. The van der Waals surface area contributed by atoms with Gasteiger partial charge in [-0.25, -0.2) is 0 Å². The quantitative estimate of drug-likeness (QED) is 0.695. The first-order chi connectivity index (χ1) is 7.72. The van der Waals surface area contributed by atoms with Gasteiger partial charge in [-0.2, -0.15) is 0 Å². The van der Waals surface area contributed by atoms with Crippen molar-refractivity contribution in [2.75, 3.05) is 19.6 Å². The predicted octanol–water partition coefficient (Wildman–Crippen LogP) is 0.317. The highest BCUT2D eigenvalue weighted by Gasteiger charge is 2.07. The van der Waals surface area contributed by atoms with Crippen molar-refractivity contribution in [3.63, 3.8) is 0 Å². The summed E-state index contributed by atoms with van der Waals surface area (Å²) in [5, 5.41) is 8.62. The number of carbonyl (C=O) groups is 1. The van der Waals surface area contributed by atoms with Crippen LogP contribution in [0.1, 0.15) is 12.1 Å². The average Bonchev–Trinajstić information content (AvgIpc) is 2.27. The Morgan fingerprint density at radius 1 is 1.44 bits per heavy atom. The van der Waals surface area contributed by atoms with E-state index in [0.29, 0.717) is 26.2 Å². The van der Waals surface area contributed by atoms with Crippen LogP contribution in [0.25, 0.3) is 0 Å². The molecule has 0 saturated heterocycles. The number of nitrogens with zero attached hydrogens (tertiary/aromatic N) is 2. The molecule has 1 aromatic rings. The van der Waals surface area contributed by atoms with Crippen molar-refractivity contribution in [3.05, 3.63) is 30.1 Å². The summed E-state index contributed by atoms with van der Waals surface area (Å²) in [6.45, 7) is 2.35. The second kappa shape index (κ2) is 6.92. The summed E-state index contributed by atoms with van der Waals surface area (Å²) >= 11 is 0. The molecule has 0 fully saturated rings. The van der Waals surface area contributed by atoms with E-state index in [1.54, 1.807) is 6.20 Å². The van der Waals surface area contributed by atoms with Crippen LogP contribution >= 0.6 is 0 Å². The van der Waals surface area contributed by atoms with Crippen molar-refractivity contribution in [2.24, 2.45) is 5.73 Å². The fourth-order valence-corrected chi connectivity index (χ4v) is 1.43. The van der Waals surface area contributed by atoms with Gasteiger partial charge < -0.3 is 10.8 Å². The van der Waals surface area contributed by atoms with E-state index in [-0.39, 0.29) is 6.42 Å². The van der Waals surface area contributed by atoms with E-state index in [4.69, 9.17) is 10.8 Å². The molecule has 0 aliphatic heterocycles. The number of rotatable bonds is 7. The number of hydrogen-bond acceptors (Lipinski definition) is 4. The van der Waals surface area contributed by atoms with Crippen molar-refractivity contribution in [2.45, 2.75) is 13.0 Å². The number of carboxylic acids is 1. The Hall–Kier alpha value is -1.46. The zero-order valence-electron chi connectivity index (χ0n) is 9.17. The summed E-state index contributed by atoms with van der Waals surface area (Å²) in [6, 6.07) is 5.69. The Morgan fingerprint density at radius 2 is 2.25 bits per heavy atom. The van der Waals surface area contributed by atoms with Crippen LogP contribution < -0.4 is 5.73 Å². The first-order valence-electron chi connectivity index (χ1n) is 5.26. The van der Waals surface area contributed by atoms with Gasteiger partial charge in [-0.3, -0.25) is 14.7 Å². The molecule has 0 aromatic carbocycles. The number of pyridine rings is 1. The third-order valence-electron chi connectivity index (χ3n) is 2.20. The molecule has 88 valence electrons. The van der Waals surface area contributed by atoms with Gasteiger partial charge in [0.15, 0.2) is 0 Å². The number of carboxylic acid groups (broad SMARTS) is 1. The molecule has 0 spiro atoms. The fraction of sp³-hybridized carbons (Fsp3) is 0.455. The topological polar surface area (TPSA) is 79.5 Å². The highest BCUT2D eigenvalue weighted by atomic mass is 16.4. The Kier molecular flexibility index (Phi) is 5.45. The smallest absolute Gasteiger partial charge is 0.304 e. The van der Waals surface area contributed by atoms with Gasteiger partial charge in [0.25, 0.3) is 0 Å². The van der Waals surface area contributed by atoms with Gasteiger partial charge in [0.1, 0.15) is 0 Å². The van der Waals surface area contributed by atoms with Crippen LogP contribution in [-0.4, -0.2) is 40.6 Å². The van der Waals surface area contributed by atoms with Crippen LogP contribution in [-0.2, 0) is 11.3 Å². The minimum absolute atomic E-state index is 0.132. The third kappa shape index (κ3) is 4.86. The molecule has 0 aliphatic carbocycles. The molecule has 0 saturated carbocycles. The van der Waals surface area contributed by atoms with Gasteiger partial charge in [0.2, 0.25) is 0 Å². The molecule has 1 aromatic heterocycles. The van der Waals surface area contributed by atoms with E-state index in [9.17, 15) is 4.79 Å². The van der Waals surface area contributed by atoms with Crippen molar-refractivity contribution in [1.29, 1.82) is 0 Å². The van der Waals surface area contributed by atoms with Crippen LogP contribution in [0, 0.1) is 0 Å². The van der Waals surface area contributed by atoms with E-state index in [1.807, 2.05) is 23.1 Å². The van der Waals surface area contributed by atoms with E-state index in [1.165, 1.54) is 0 Å². The number of nitrogens with two attached hydrogens (primary N) is 1. The van der Waals surface area contributed by atoms with Crippen LogP contribution in [0.15, 0.2) is 24.4 Å². The second-order valence-electron chi connectivity index (χ2n) is 3.53. The lowest BCUT2D eigenvalue weighted by Gasteiger charge is -2.19. The number of hydrogen-bond donors (Lipinski definition) is 2. The summed E-state index contributed by atoms with van der Waals surface area (Å²) in [4.78, 5) is 16.7. The van der Waals surface area contributed by atoms with Crippen LogP contribution in [0.5, 0.6) is 0 Å². The molecule has 1 heterocycles. The molecule has 5 nitrogen and oxygen atoms in total. The lowest BCUT2D eigenvalue weighted by molar-refractivity contribution is -0.137. The van der Waals surface area contributed by atoms with Crippen molar-refractivity contribution in [3.8, 4) is 0 Å². The summed E-state index contributed by atoms with van der Waals surface area (Å²) < 4.78 is 0. The van der Waals surface area contributed by atoms with E-state index < -0.39 is 5.97 Å². The standard InChI is InChI=1S/C11H17N3O2/c12-5-8-14(7-4-11(15)16)9-10-3-1-2-6-13-10/h1-3,6H,4-5,7-9,12H2,(H,15,16). The van der Waals surface area contributed by atoms with Crippen LogP contribution in [0.4, 0.5) is 0 Å². The van der Waals surface area contributed by atoms with Gasteiger partial charge in [-0.1, -0.05) is 6.07 Å². The zero-order valence-corrected chi connectivity index (χ0v) is 9.17. The summed E-state index contributed by atoms with van der Waals surface area (Å²) in [5.74, 6) is -0.789. The molecule has 0 amide bonds. The van der Waals surface area contributed by atoms with Crippen molar-refractivity contribution < 1.29 is 9.90 Å². The van der Waals surface area contributed by atoms with Gasteiger partial charge in [-0.05, 0) is 12.1 Å². The average molecular weight is 223 g/mol. The molecule has 0 radical (unpaired) electrons. The zero-order chi connectivity index (χ0) is 11.8. The minimum Gasteiger partial charge on any atom is -0.481 e. The largest absolute Gasteiger partial charge is 0.481 e. The number of aromatic nitrogens is 1. The van der Waals surface area contributed by atoms with E-state index in [0.717, 1.165) is 5.69 Å². The van der Waals surface area contributed by atoms with Gasteiger partial charge in [0.05, 0.1) is 12.1 Å². The molecular formula is C11H17N3O2. The van der Waals surface area contributed by atoms with E-state index in [2.05, 4.69) is 4.98 Å². The third-order valence-corrected chi connectivity index (χ3v) is 2.20. The highest BCUT2D eigenvalue weighted by molar-refractivity contribution is 5.66. The van der Waals surface area contributed by atoms with Crippen LogP contribution in [0.3, 0.4) is 0 Å². The maximum atomic E-state index is 10.5. The predicted molar refractivity (Wildman–Crippen MR) is 60.8 cm³/mol. The second-order valence-corrected chi connectivity index (χ2v) is 3.53. The lowest BCUT2D eigenvalue weighted by Crippen LogP contribution is -2.31. The molecule has 0 aliphatic rings. The lowest BCUT2D eigenvalue weighted by atomic mass is 10.3. The first kappa shape index (κ1) is 12.6. The Labute approximate surface area is 94.9 Å². The van der Waals surface area contributed by atoms with Crippen molar-refractivity contribution in [1.82, 2.24) is 9.88 Å². The molecular weight excluding hydrogens is 206 g/mol. The molecule has 0 unspecified atom stereocenters. The SMILES string of the molecule is NCCN(CCC(=O)O)Cc1ccccn1. The fourth-order valence-electron chi connectivity index (χ4n) is 1.43. The molecule has 0 atom stereocenters. The maximum Gasteiger partial charge on any atom is 0.304 e. The molecule has 5 heteroatoms. The molecule has 16 heavy (non-hydrogen) atoms. The summed E-state index contributed by atoms with van der Waals surface area (Å²) in [6.07, 6.45) is 1.86. The minimum atomic E-state index is -0.789. The molecule has 1 rings (SSSR count). The monoisotopic (exact) mass is 223 g/mol. The number of aliphatic carboxylic acids is 1. The van der Waals surface area contributed by atoms with E-state index >= 15 is 0 Å². The van der Waals surface area contributed by atoms with Crippen molar-refractivity contribution >= 4 is 5.97 Å². The molecule has 0 bridgehead atoms. The van der Waals surface area contributed by atoms with Gasteiger partial charge in [-0.15, -0.1) is 0 Å². The Bertz CT molecular complexity index is 316. The van der Waals surface area contributed by atoms with Crippen LogP contribution in [0.2, 0.25) is 0 Å². The molecule has 3 N–H and O–H groups in total. The highest BCUT2D eigenvalue weighted by Crippen LogP contribution is 2.01. The Morgan fingerprint density at radius 3 is 2.81 bits per heavy atom. The maximum absolute atomic E-state index is 10.5. The summed E-state index contributed by atoms with van der Waals surface area (Å²) in [7, 11) is 0.